The van der Waals surface area contributed by atoms with Gasteiger partial charge in [-0.1, -0.05) is 30.3 Å². The molecule has 20 heavy (non-hydrogen) atoms. The molecule has 0 N–H and O–H groups in total. The number of nitrogens with zero attached hydrogens (tertiary/aromatic N) is 1. The Morgan fingerprint density at radius 1 is 1.25 bits per heavy atom. The fraction of sp³-hybridized carbons (Fsp3) is 0.357. The zero-order valence-corrected chi connectivity index (χ0v) is 12.3. The van der Waals surface area contributed by atoms with E-state index in [2.05, 4.69) is 4.98 Å². The van der Waals surface area contributed by atoms with Crippen molar-refractivity contribution < 1.29 is 17.0 Å². The normalized spacial score (nSPS) is 11.7. The summed E-state index contributed by atoms with van der Waals surface area (Å²) in [5, 5.41) is 0. The van der Waals surface area contributed by atoms with Crippen LogP contribution in [-0.2, 0) is 27.1 Å². The molecule has 0 aliphatic rings. The molecule has 0 saturated carbocycles. The van der Waals surface area contributed by atoms with E-state index in [0.717, 1.165) is 17.5 Å². The van der Waals surface area contributed by atoms with Crippen LogP contribution in [0.25, 0.3) is 0 Å². The molecule has 0 unspecified atom stereocenters. The molecule has 2 rings (SSSR count). The third kappa shape index (κ3) is 4.47. The zero-order chi connectivity index (χ0) is 14.6. The molecule has 0 radical (unpaired) electrons. The number of hydrogen-bond donors (Lipinski definition) is 0. The second-order valence-electron chi connectivity index (χ2n) is 4.55. The van der Waals surface area contributed by atoms with Crippen LogP contribution < -0.4 is 0 Å². The lowest BCUT2D eigenvalue weighted by Crippen LogP contribution is -2.07. The number of benzene rings is 1. The first-order chi connectivity index (χ1) is 9.44. The maximum atomic E-state index is 10.9. The van der Waals surface area contributed by atoms with Gasteiger partial charge in [0.05, 0.1) is 18.6 Å². The first kappa shape index (κ1) is 14.7. The third-order valence-electron chi connectivity index (χ3n) is 2.77. The van der Waals surface area contributed by atoms with E-state index < -0.39 is 10.1 Å². The van der Waals surface area contributed by atoms with Gasteiger partial charge in [-0.15, -0.1) is 0 Å². The van der Waals surface area contributed by atoms with E-state index in [-0.39, 0.29) is 6.61 Å². The Balaban J connectivity index is 1.99. The van der Waals surface area contributed by atoms with E-state index in [1.54, 1.807) is 0 Å². The molecule has 0 bridgehead atoms. The summed E-state index contributed by atoms with van der Waals surface area (Å²) in [6, 6.07) is 9.90. The van der Waals surface area contributed by atoms with Gasteiger partial charge < -0.3 is 4.42 Å². The fourth-order valence-corrected chi connectivity index (χ4v) is 2.24. The van der Waals surface area contributed by atoms with E-state index in [9.17, 15) is 8.42 Å². The lowest BCUT2D eigenvalue weighted by atomic mass is 10.1. The average molecular weight is 295 g/mol. The Morgan fingerprint density at radius 3 is 2.60 bits per heavy atom. The highest BCUT2D eigenvalue weighted by Crippen LogP contribution is 2.14. The first-order valence-electron chi connectivity index (χ1n) is 6.27. The SMILES string of the molecule is Cc1oc(Cc2ccccc2)nc1CCOS(C)(=O)=O. The van der Waals surface area contributed by atoms with Crippen LogP contribution in [0.5, 0.6) is 0 Å². The molecule has 0 spiro atoms. The van der Waals surface area contributed by atoms with E-state index in [1.807, 2.05) is 37.3 Å². The average Bonchev–Trinajstić information content (AvgIpc) is 2.69. The van der Waals surface area contributed by atoms with Crippen LogP contribution >= 0.6 is 0 Å². The summed E-state index contributed by atoms with van der Waals surface area (Å²) in [7, 11) is -3.41. The topological polar surface area (TPSA) is 69.4 Å². The maximum absolute atomic E-state index is 10.9. The molecule has 108 valence electrons. The summed E-state index contributed by atoms with van der Waals surface area (Å²) in [5.41, 5.74) is 1.85. The molecule has 5 nitrogen and oxygen atoms in total. The smallest absolute Gasteiger partial charge is 0.264 e. The van der Waals surface area contributed by atoms with Crippen molar-refractivity contribution in [2.45, 2.75) is 19.8 Å². The minimum atomic E-state index is -3.41. The molecule has 1 aromatic carbocycles. The van der Waals surface area contributed by atoms with Crippen molar-refractivity contribution in [1.82, 2.24) is 4.98 Å². The number of rotatable bonds is 6. The fourth-order valence-electron chi connectivity index (χ4n) is 1.86. The molecular formula is C14H17NO4S. The summed E-state index contributed by atoms with van der Waals surface area (Å²) >= 11 is 0. The van der Waals surface area contributed by atoms with Gasteiger partial charge in [0, 0.05) is 12.8 Å². The zero-order valence-electron chi connectivity index (χ0n) is 11.5. The summed E-state index contributed by atoms with van der Waals surface area (Å²) in [6.07, 6.45) is 2.06. The number of hydrogen-bond acceptors (Lipinski definition) is 5. The molecule has 0 aliphatic carbocycles. The molecule has 0 saturated heterocycles. The van der Waals surface area contributed by atoms with Crippen LogP contribution in [0.2, 0.25) is 0 Å². The van der Waals surface area contributed by atoms with Crippen molar-refractivity contribution in [1.29, 1.82) is 0 Å². The van der Waals surface area contributed by atoms with Crippen molar-refractivity contribution in [2.75, 3.05) is 12.9 Å². The minimum absolute atomic E-state index is 0.0803. The lowest BCUT2D eigenvalue weighted by Gasteiger charge is -1.98. The second-order valence-corrected chi connectivity index (χ2v) is 6.19. The molecule has 0 aliphatic heterocycles. The van der Waals surface area contributed by atoms with Crippen molar-refractivity contribution in [3.63, 3.8) is 0 Å². The van der Waals surface area contributed by atoms with Gasteiger partial charge in [0.25, 0.3) is 10.1 Å². The second kappa shape index (κ2) is 6.19. The number of oxazole rings is 1. The highest BCUT2D eigenvalue weighted by Gasteiger charge is 2.11. The third-order valence-corrected chi connectivity index (χ3v) is 3.37. The number of aromatic nitrogens is 1. The van der Waals surface area contributed by atoms with E-state index >= 15 is 0 Å². The quantitative estimate of drug-likeness (QED) is 0.763. The Hall–Kier alpha value is -1.66. The van der Waals surface area contributed by atoms with E-state index in [4.69, 9.17) is 8.60 Å². The Bertz CT molecular complexity index is 662. The van der Waals surface area contributed by atoms with Crippen LogP contribution in [0.1, 0.15) is 22.9 Å². The predicted molar refractivity (Wildman–Crippen MR) is 75.0 cm³/mol. The van der Waals surface area contributed by atoms with Crippen molar-refractivity contribution in [3.05, 3.63) is 53.2 Å². The van der Waals surface area contributed by atoms with Gasteiger partial charge in [-0.2, -0.15) is 8.42 Å². The van der Waals surface area contributed by atoms with Crippen molar-refractivity contribution >= 4 is 10.1 Å². The molecule has 1 heterocycles. The van der Waals surface area contributed by atoms with Gasteiger partial charge in [-0.05, 0) is 12.5 Å². The van der Waals surface area contributed by atoms with Crippen LogP contribution in [0.4, 0.5) is 0 Å². The molecule has 1 aromatic heterocycles. The van der Waals surface area contributed by atoms with Gasteiger partial charge in [-0.25, -0.2) is 4.98 Å². The molecule has 0 amide bonds. The van der Waals surface area contributed by atoms with Crippen LogP contribution in [0.15, 0.2) is 34.7 Å². The van der Waals surface area contributed by atoms with E-state index in [1.165, 1.54) is 0 Å². The number of aryl methyl sites for hydroxylation is 1. The standard InChI is InChI=1S/C14H17NO4S/c1-11-13(8-9-18-20(2,16)17)15-14(19-11)10-12-6-4-3-5-7-12/h3-7H,8-10H2,1-2H3. The van der Waals surface area contributed by atoms with Gasteiger partial charge >= 0.3 is 0 Å². The molecule has 2 aromatic rings. The van der Waals surface area contributed by atoms with E-state index in [0.29, 0.717) is 24.5 Å². The summed E-state index contributed by atoms with van der Waals surface area (Å²) in [5.74, 6) is 1.33. The highest BCUT2D eigenvalue weighted by molar-refractivity contribution is 7.85. The van der Waals surface area contributed by atoms with Crippen LogP contribution in [0.3, 0.4) is 0 Å². The van der Waals surface area contributed by atoms with Gasteiger partial charge in [0.1, 0.15) is 5.76 Å². The monoisotopic (exact) mass is 295 g/mol. The van der Waals surface area contributed by atoms with Crippen LogP contribution in [-0.4, -0.2) is 26.3 Å². The van der Waals surface area contributed by atoms with Crippen molar-refractivity contribution in [2.24, 2.45) is 0 Å². The Labute approximate surface area is 118 Å². The van der Waals surface area contributed by atoms with Gasteiger partial charge in [0.15, 0.2) is 5.89 Å². The largest absolute Gasteiger partial charge is 0.445 e. The van der Waals surface area contributed by atoms with Crippen molar-refractivity contribution in [3.8, 4) is 0 Å². The molecular weight excluding hydrogens is 278 g/mol. The molecule has 6 heteroatoms. The van der Waals surface area contributed by atoms with Gasteiger partial charge in [-0.3, -0.25) is 4.18 Å². The summed E-state index contributed by atoms with van der Waals surface area (Å²) < 4.78 is 32.1. The summed E-state index contributed by atoms with van der Waals surface area (Å²) in [4.78, 5) is 4.38. The summed E-state index contributed by atoms with van der Waals surface area (Å²) in [6.45, 7) is 1.90. The maximum Gasteiger partial charge on any atom is 0.264 e. The van der Waals surface area contributed by atoms with Crippen LogP contribution in [0, 0.1) is 6.92 Å². The van der Waals surface area contributed by atoms with Gasteiger partial charge in [0.2, 0.25) is 0 Å². The molecule has 0 fully saturated rings. The molecule has 0 atom stereocenters. The predicted octanol–water partition coefficient (Wildman–Crippen LogP) is 2.09. The first-order valence-corrected chi connectivity index (χ1v) is 8.09. The lowest BCUT2D eigenvalue weighted by molar-refractivity contribution is 0.324. The minimum Gasteiger partial charge on any atom is -0.445 e. The Kier molecular flexibility index (Phi) is 4.57. The highest BCUT2D eigenvalue weighted by atomic mass is 32.2. The Morgan fingerprint density at radius 2 is 1.95 bits per heavy atom.